The van der Waals surface area contributed by atoms with Gasteiger partial charge >= 0.3 is 0 Å². The molecule has 2 N–H and O–H groups in total. The molecule has 0 radical (unpaired) electrons. The zero-order chi connectivity index (χ0) is 16.9. The molecule has 122 valence electrons. The van der Waals surface area contributed by atoms with Gasteiger partial charge in [-0.2, -0.15) is 0 Å². The summed E-state index contributed by atoms with van der Waals surface area (Å²) in [7, 11) is 0. The van der Waals surface area contributed by atoms with Crippen molar-refractivity contribution in [3.05, 3.63) is 64.0 Å². The fourth-order valence-electron chi connectivity index (χ4n) is 2.13. The standard InChI is InChI=1S/C16H14N4O3S/c21-13(18-19-14(22)11-4-2-1-3-5-11)6-8-20-10-17-15-12(16(20)23)7-9-24-15/h1-5,7,9-10H,6,8H2,(H,18,21)(H,19,22). The first-order valence-electron chi connectivity index (χ1n) is 7.22. The monoisotopic (exact) mass is 342 g/mol. The highest BCUT2D eigenvalue weighted by atomic mass is 32.1. The van der Waals surface area contributed by atoms with Crippen LogP contribution in [0.1, 0.15) is 16.8 Å². The average molecular weight is 342 g/mol. The van der Waals surface area contributed by atoms with Crippen molar-refractivity contribution in [2.75, 3.05) is 0 Å². The molecular weight excluding hydrogens is 328 g/mol. The molecule has 2 aromatic heterocycles. The number of amides is 2. The largest absolute Gasteiger partial charge is 0.298 e. The predicted molar refractivity (Wildman–Crippen MR) is 90.5 cm³/mol. The number of nitrogens with one attached hydrogen (secondary N) is 2. The summed E-state index contributed by atoms with van der Waals surface area (Å²) in [5.74, 6) is -0.793. The van der Waals surface area contributed by atoms with Gasteiger partial charge in [0.1, 0.15) is 4.83 Å². The van der Waals surface area contributed by atoms with Gasteiger partial charge in [0, 0.05) is 18.5 Å². The summed E-state index contributed by atoms with van der Waals surface area (Å²) in [5, 5.41) is 2.34. The third-order valence-corrected chi connectivity index (χ3v) is 4.20. The van der Waals surface area contributed by atoms with Crippen molar-refractivity contribution in [1.29, 1.82) is 0 Å². The number of hydrogen-bond acceptors (Lipinski definition) is 5. The van der Waals surface area contributed by atoms with Crippen LogP contribution in [0.15, 0.2) is 52.9 Å². The van der Waals surface area contributed by atoms with Crippen LogP contribution in [0.4, 0.5) is 0 Å². The minimum absolute atomic E-state index is 0.0479. The van der Waals surface area contributed by atoms with Crippen LogP contribution in [0.25, 0.3) is 10.2 Å². The number of benzene rings is 1. The molecule has 0 unspecified atom stereocenters. The highest BCUT2D eigenvalue weighted by molar-refractivity contribution is 7.16. The third kappa shape index (κ3) is 3.49. The van der Waals surface area contributed by atoms with E-state index in [9.17, 15) is 14.4 Å². The van der Waals surface area contributed by atoms with E-state index in [0.717, 1.165) is 0 Å². The molecule has 0 aliphatic rings. The fourth-order valence-corrected chi connectivity index (χ4v) is 2.85. The summed E-state index contributed by atoms with van der Waals surface area (Å²) in [4.78, 5) is 40.7. The second-order valence-corrected chi connectivity index (χ2v) is 5.90. The van der Waals surface area contributed by atoms with Crippen LogP contribution in [0.5, 0.6) is 0 Å². The van der Waals surface area contributed by atoms with Gasteiger partial charge in [0.05, 0.1) is 11.7 Å². The number of aromatic nitrogens is 2. The second-order valence-electron chi connectivity index (χ2n) is 5.00. The highest BCUT2D eigenvalue weighted by Gasteiger charge is 2.09. The Morgan fingerprint density at radius 1 is 1.12 bits per heavy atom. The summed E-state index contributed by atoms with van der Waals surface area (Å²) in [6, 6.07) is 10.3. The van der Waals surface area contributed by atoms with E-state index in [0.29, 0.717) is 15.8 Å². The molecule has 24 heavy (non-hydrogen) atoms. The maximum Gasteiger partial charge on any atom is 0.269 e. The molecule has 0 aliphatic heterocycles. The van der Waals surface area contributed by atoms with Gasteiger partial charge in [-0.15, -0.1) is 11.3 Å². The van der Waals surface area contributed by atoms with E-state index in [-0.39, 0.29) is 18.5 Å². The number of thiophene rings is 1. The van der Waals surface area contributed by atoms with E-state index in [1.54, 1.807) is 41.8 Å². The van der Waals surface area contributed by atoms with Gasteiger partial charge in [-0.25, -0.2) is 4.98 Å². The molecule has 0 spiro atoms. The normalized spacial score (nSPS) is 10.5. The van der Waals surface area contributed by atoms with Gasteiger partial charge in [-0.05, 0) is 23.6 Å². The van der Waals surface area contributed by atoms with Gasteiger partial charge in [-0.3, -0.25) is 29.8 Å². The van der Waals surface area contributed by atoms with Crippen molar-refractivity contribution in [1.82, 2.24) is 20.4 Å². The maximum atomic E-state index is 12.2. The Morgan fingerprint density at radius 3 is 2.71 bits per heavy atom. The van der Waals surface area contributed by atoms with Crippen molar-refractivity contribution < 1.29 is 9.59 Å². The summed E-state index contributed by atoms with van der Waals surface area (Å²) < 4.78 is 1.38. The molecule has 7 nitrogen and oxygen atoms in total. The zero-order valence-corrected chi connectivity index (χ0v) is 13.4. The lowest BCUT2D eigenvalue weighted by Gasteiger charge is -2.08. The molecule has 2 heterocycles. The van der Waals surface area contributed by atoms with Crippen LogP contribution in [-0.2, 0) is 11.3 Å². The van der Waals surface area contributed by atoms with Gasteiger partial charge in [0.25, 0.3) is 11.5 Å². The van der Waals surface area contributed by atoms with Crippen LogP contribution < -0.4 is 16.4 Å². The van der Waals surface area contributed by atoms with E-state index in [2.05, 4.69) is 15.8 Å². The van der Waals surface area contributed by atoms with Gasteiger partial charge in [0.15, 0.2) is 0 Å². The first-order chi connectivity index (χ1) is 11.6. The lowest BCUT2D eigenvalue weighted by molar-refractivity contribution is -0.122. The molecule has 0 saturated carbocycles. The molecule has 1 aromatic carbocycles. The van der Waals surface area contributed by atoms with Crippen LogP contribution >= 0.6 is 11.3 Å². The molecule has 3 aromatic rings. The number of aryl methyl sites for hydroxylation is 1. The Kier molecular flexibility index (Phi) is 4.66. The van der Waals surface area contributed by atoms with Gasteiger partial charge in [0.2, 0.25) is 5.91 Å². The van der Waals surface area contributed by atoms with E-state index in [1.165, 1.54) is 22.2 Å². The first kappa shape index (κ1) is 15.9. The summed E-state index contributed by atoms with van der Waals surface area (Å²) in [5.41, 5.74) is 4.93. The van der Waals surface area contributed by atoms with Crippen LogP contribution in [0.3, 0.4) is 0 Å². The number of rotatable bonds is 4. The minimum atomic E-state index is -0.400. The van der Waals surface area contributed by atoms with Crippen molar-refractivity contribution in [3.8, 4) is 0 Å². The number of carbonyl (C=O) groups is 2. The Hall–Kier alpha value is -3.00. The Morgan fingerprint density at radius 2 is 1.92 bits per heavy atom. The number of carbonyl (C=O) groups excluding carboxylic acids is 2. The molecule has 0 aliphatic carbocycles. The van der Waals surface area contributed by atoms with Crippen molar-refractivity contribution in [2.45, 2.75) is 13.0 Å². The molecule has 8 heteroatoms. The molecular formula is C16H14N4O3S. The molecule has 0 saturated heterocycles. The van der Waals surface area contributed by atoms with Crippen molar-refractivity contribution >= 4 is 33.4 Å². The van der Waals surface area contributed by atoms with Crippen molar-refractivity contribution in [2.24, 2.45) is 0 Å². The Labute approximate surface area is 140 Å². The third-order valence-electron chi connectivity index (χ3n) is 3.38. The molecule has 0 fully saturated rings. The van der Waals surface area contributed by atoms with E-state index in [4.69, 9.17) is 0 Å². The highest BCUT2D eigenvalue weighted by Crippen LogP contribution is 2.13. The number of hydrogen-bond donors (Lipinski definition) is 2. The first-order valence-corrected chi connectivity index (χ1v) is 8.10. The molecule has 3 rings (SSSR count). The Bertz CT molecular complexity index is 933. The molecule has 2 amide bonds. The van der Waals surface area contributed by atoms with E-state index >= 15 is 0 Å². The second kappa shape index (κ2) is 7.05. The van der Waals surface area contributed by atoms with Gasteiger partial charge < -0.3 is 0 Å². The van der Waals surface area contributed by atoms with Crippen LogP contribution in [0, 0.1) is 0 Å². The average Bonchev–Trinajstić information content (AvgIpc) is 3.09. The fraction of sp³-hybridized carbons (Fsp3) is 0.125. The number of nitrogens with zero attached hydrogens (tertiary/aromatic N) is 2. The summed E-state index contributed by atoms with van der Waals surface area (Å²) in [6.45, 7) is 0.185. The van der Waals surface area contributed by atoms with E-state index < -0.39 is 11.8 Å². The predicted octanol–water partition coefficient (Wildman–Crippen LogP) is 1.31. The number of hydrazine groups is 1. The van der Waals surface area contributed by atoms with Crippen molar-refractivity contribution in [3.63, 3.8) is 0 Å². The van der Waals surface area contributed by atoms with Gasteiger partial charge in [-0.1, -0.05) is 18.2 Å². The summed E-state index contributed by atoms with van der Waals surface area (Å²) in [6.07, 6.45) is 1.48. The SMILES string of the molecule is O=C(CCn1cnc2sccc2c1=O)NNC(=O)c1ccccc1. The Balaban J connectivity index is 1.54. The minimum Gasteiger partial charge on any atom is -0.298 e. The van der Waals surface area contributed by atoms with Crippen LogP contribution in [0.2, 0.25) is 0 Å². The quantitative estimate of drug-likeness (QED) is 0.699. The lowest BCUT2D eigenvalue weighted by Crippen LogP contribution is -2.42. The zero-order valence-electron chi connectivity index (χ0n) is 12.6. The molecule has 0 atom stereocenters. The number of fused-ring (bicyclic) bond motifs is 1. The topological polar surface area (TPSA) is 93.1 Å². The summed E-state index contributed by atoms with van der Waals surface area (Å²) >= 11 is 1.39. The van der Waals surface area contributed by atoms with E-state index in [1.807, 2.05) is 0 Å². The smallest absolute Gasteiger partial charge is 0.269 e. The lowest BCUT2D eigenvalue weighted by atomic mass is 10.2. The van der Waals surface area contributed by atoms with Crippen LogP contribution in [-0.4, -0.2) is 21.4 Å². The maximum absolute atomic E-state index is 12.2. The molecule has 0 bridgehead atoms.